The fourth-order valence-electron chi connectivity index (χ4n) is 2.39. The van der Waals surface area contributed by atoms with E-state index in [0.717, 1.165) is 0 Å². The van der Waals surface area contributed by atoms with E-state index in [-0.39, 0.29) is 23.0 Å². The lowest BCUT2D eigenvalue weighted by molar-refractivity contribution is -0.142. The number of benzene rings is 1. The number of piperidine rings is 1. The van der Waals surface area contributed by atoms with Gasteiger partial charge >= 0.3 is 5.97 Å². The van der Waals surface area contributed by atoms with Crippen LogP contribution in [-0.4, -0.2) is 36.9 Å². The number of halogens is 2. The Morgan fingerprint density at radius 2 is 1.76 bits per heavy atom. The molecule has 1 N–H and O–H groups in total. The van der Waals surface area contributed by atoms with Gasteiger partial charge in [0.2, 0.25) is 10.0 Å². The lowest BCUT2D eigenvalue weighted by Crippen LogP contribution is -2.40. The summed E-state index contributed by atoms with van der Waals surface area (Å²) in [5.41, 5.74) is 0.518. The molecule has 0 radical (unpaired) electrons. The van der Waals surface area contributed by atoms with Crippen LogP contribution in [0, 0.1) is 12.8 Å². The van der Waals surface area contributed by atoms with E-state index in [1.165, 1.54) is 16.4 Å². The zero-order valence-electron chi connectivity index (χ0n) is 11.3. The van der Waals surface area contributed by atoms with Gasteiger partial charge in [-0.2, -0.15) is 4.31 Å². The molecule has 1 aromatic carbocycles. The van der Waals surface area contributed by atoms with Gasteiger partial charge in [-0.15, -0.1) is 0 Å². The third-order valence-corrected chi connectivity index (χ3v) is 6.40. The smallest absolute Gasteiger partial charge is 0.306 e. The molecule has 0 aliphatic carbocycles. The van der Waals surface area contributed by atoms with Crippen molar-refractivity contribution >= 4 is 39.2 Å². The van der Waals surface area contributed by atoms with E-state index >= 15 is 0 Å². The molecule has 0 unspecified atom stereocenters. The van der Waals surface area contributed by atoms with Crippen LogP contribution in [0.1, 0.15) is 18.4 Å². The largest absolute Gasteiger partial charge is 0.481 e. The molecule has 0 bridgehead atoms. The molecule has 116 valence electrons. The first-order valence-corrected chi connectivity index (χ1v) is 8.61. The number of carboxylic acid groups (broad SMARTS) is 1. The summed E-state index contributed by atoms with van der Waals surface area (Å²) in [5.74, 6) is -1.36. The zero-order valence-corrected chi connectivity index (χ0v) is 13.7. The second-order valence-electron chi connectivity index (χ2n) is 5.05. The summed E-state index contributed by atoms with van der Waals surface area (Å²) >= 11 is 11.8. The summed E-state index contributed by atoms with van der Waals surface area (Å²) in [6.45, 7) is 2.04. The van der Waals surface area contributed by atoms with Crippen molar-refractivity contribution in [2.24, 2.45) is 5.92 Å². The highest BCUT2D eigenvalue weighted by Gasteiger charge is 2.33. The Kier molecular flexibility index (Phi) is 4.82. The highest BCUT2D eigenvalue weighted by Crippen LogP contribution is 2.31. The number of carboxylic acids is 1. The summed E-state index contributed by atoms with van der Waals surface area (Å²) in [7, 11) is -3.68. The third-order valence-electron chi connectivity index (χ3n) is 3.64. The molecule has 21 heavy (non-hydrogen) atoms. The maximum atomic E-state index is 12.6. The summed E-state index contributed by atoms with van der Waals surface area (Å²) < 4.78 is 26.6. The van der Waals surface area contributed by atoms with E-state index in [4.69, 9.17) is 28.3 Å². The number of sulfonamides is 1. The van der Waals surface area contributed by atoms with Gasteiger partial charge in [-0.25, -0.2) is 8.42 Å². The molecule has 1 heterocycles. The molecule has 1 aliphatic rings. The first-order chi connectivity index (χ1) is 9.73. The molecule has 1 aliphatic heterocycles. The van der Waals surface area contributed by atoms with Gasteiger partial charge in [-0.3, -0.25) is 4.79 Å². The summed E-state index contributed by atoms with van der Waals surface area (Å²) in [6.07, 6.45) is 0.629. The van der Waals surface area contributed by atoms with Crippen LogP contribution in [0.4, 0.5) is 0 Å². The van der Waals surface area contributed by atoms with E-state index in [0.29, 0.717) is 23.4 Å². The summed E-state index contributed by atoms with van der Waals surface area (Å²) in [4.78, 5) is 11.0. The number of hydrogen-bond acceptors (Lipinski definition) is 3. The highest BCUT2D eigenvalue weighted by atomic mass is 35.5. The van der Waals surface area contributed by atoms with Gasteiger partial charge in [-0.1, -0.05) is 23.2 Å². The van der Waals surface area contributed by atoms with Gasteiger partial charge in [-0.05, 0) is 37.5 Å². The maximum Gasteiger partial charge on any atom is 0.306 e. The molecular weight excluding hydrogens is 337 g/mol. The Balaban J connectivity index is 2.28. The number of nitrogens with zero attached hydrogens (tertiary/aromatic N) is 1. The third kappa shape index (κ3) is 3.34. The van der Waals surface area contributed by atoms with Crippen LogP contribution >= 0.6 is 23.2 Å². The van der Waals surface area contributed by atoms with E-state index in [1.54, 1.807) is 6.92 Å². The van der Waals surface area contributed by atoms with Crippen LogP contribution < -0.4 is 0 Å². The lowest BCUT2D eigenvalue weighted by atomic mass is 9.99. The van der Waals surface area contributed by atoms with Gasteiger partial charge in [0, 0.05) is 13.1 Å². The molecule has 0 amide bonds. The number of aryl methyl sites for hydroxylation is 1. The van der Waals surface area contributed by atoms with Crippen molar-refractivity contribution in [2.45, 2.75) is 24.7 Å². The van der Waals surface area contributed by atoms with E-state index in [9.17, 15) is 13.2 Å². The van der Waals surface area contributed by atoms with Crippen LogP contribution in [0.2, 0.25) is 10.0 Å². The van der Waals surface area contributed by atoms with Crippen LogP contribution in [0.3, 0.4) is 0 Å². The normalized spacial score (nSPS) is 17.9. The lowest BCUT2D eigenvalue weighted by Gasteiger charge is -2.29. The Labute approximate surface area is 133 Å². The van der Waals surface area contributed by atoms with Crippen LogP contribution in [0.5, 0.6) is 0 Å². The van der Waals surface area contributed by atoms with Crippen molar-refractivity contribution in [3.8, 4) is 0 Å². The second kappa shape index (κ2) is 6.12. The fraction of sp³-hybridized carbons (Fsp3) is 0.462. The Morgan fingerprint density at radius 3 is 2.29 bits per heavy atom. The van der Waals surface area contributed by atoms with Crippen LogP contribution in [0.25, 0.3) is 0 Å². The molecule has 0 aromatic heterocycles. The Bertz CT molecular complexity index is 667. The molecule has 1 fully saturated rings. The van der Waals surface area contributed by atoms with E-state index in [2.05, 4.69) is 0 Å². The SMILES string of the molecule is Cc1cc(Cl)c(Cl)cc1S(=O)(=O)N1CCC(C(=O)O)CC1. The molecule has 0 spiro atoms. The Hall–Kier alpha value is -0.820. The van der Waals surface area contributed by atoms with Crippen molar-refractivity contribution in [3.63, 3.8) is 0 Å². The predicted octanol–water partition coefficient (Wildman–Crippen LogP) is 2.79. The maximum absolute atomic E-state index is 12.6. The quantitative estimate of drug-likeness (QED) is 0.908. The van der Waals surface area contributed by atoms with E-state index in [1.807, 2.05) is 0 Å². The van der Waals surface area contributed by atoms with Gasteiger partial charge < -0.3 is 5.11 Å². The van der Waals surface area contributed by atoms with Gasteiger partial charge in [0.25, 0.3) is 0 Å². The predicted molar refractivity (Wildman–Crippen MR) is 80.3 cm³/mol. The molecule has 2 rings (SSSR count). The summed E-state index contributed by atoms with van der Waals surface area (Å²) in [5, 5.41) is 9.44. The zero-order chi connectivity index (χ0) is 15.8. The molecule has 5 nitrogen and oxygen atoms in total. The van der Waals surface area contributed by atoms with Gasteiger partial charge in [0.15, 0.2) is 0 Å². The first-order valence-electron chi connectivity index (χ1n) is 6.42. The number of rotatable bonds is 3. The second-order valence-corrected chi connectivity index (χ2v) is 7.77. The summed E-state index contributed by atoms with van der Waals surface area (Å²) in [6, 6.07) is 2.86. The van der Waals surface area contributed by atoms with Crippen molar-refractivity contribution < 1.29 is 18.3 Å². The van der Waals surface area contributed by atoms with Crippen LogP contribution in [0.15, 0.2) is 17.0 Å². The monoisotopic (exact) mass is 351 g/mol. The average molecular weight is 352 g/mol. The minimum atomic E-state index is -3.68. The molecule has 0 atom stereocenters. The van der Waals surface area contributed by atoms with E-state index < -0.39 is 21.9 Å². The molecule has 1 saturated heterocycles. The molecular formula is C13H15Cl2NO4S. The minimum absolute atomic E-state index is 0.116. The van der Waals surface area contributed by atoms with Crippen molar-refractivity contribution in [2.75, 3.05) is 13.1 Å². The van der Waals surface area contributed by atoms with Crippen molar-refractivity contribution in [3.05, 3.63) is 27.7 Å². The van der Waals surface area contributed by atoms with Crippen LogP contribution in [-0.2, 0) is 14.8 Å². The number of carbonyl (C=O) groups is 1. The molecule has 0 saturated carbocycles. The van der Waals surface area contributed by atoms with Gasteiger partial charge in [0.05, 0.1) is 20.9 Å². The fourth-order valence-corrected chi connectivity index (χ4v) is 4.54. The number of aliphatic carboxylic acids is 1. The topological polar surface area (TPSA) is 74.7 Å². The first kappa shape index (κ1) is 16.5. The standard InChI is InChI=1S/C13H15Cl2NO4S/c1-8-6-10(14)11(15)7-12(8)21(19,20)16-4-2-9(3-5-16)13(17)18/h6-7,9H,2-5H2,1H3,(H,17,18). The molecule has 1 aromatic rings. The Morgan fingerprint density at radius 1 is 1.24 bits per heavy atom. The van der Waals surface area contributed by atoms with Crippen molar-refractivity contribution in [1.29, 1.82) is 0 Å². The minimum Gasteiger partial charge on any atom is -0.481 e. The van der Waals surface area contributed by atoms with Gasteiger partial charge in [0.1, 0.15) is 0 Å². The average Bonchev–Trinajstić information content (AvgIpc) is 2.42. The number of hydrogen-bond donors (Lipinski definition) is 1. The highest BCUT2D eigenvalue weighted by molar-refractivity contribution is 7.89. The molecule has 8 heteroatoms. The van der Waals surface area contributed by atoms with Crippen molar-refractivity contribution in [1.82, 2.24) is 4.31 Å².